The first kappa shape index (κ1) is 20.2. The Bertz CT molecular complexity index is 907. The van der Waals surface area contributed by atoms with Crippen LogP contribution in [0.1, 0.15) is 51.5 Å². The zero-order valence-electron chi connectivity index (χ0n) is 16.1. The molecule has 2 aromatic rings. The first-order chi connectivity index (χ1) is 12.8. The number of H-pyrrole nitrogens is 1. The Kier molecular flexibility index (Phi) is 6.34. The monoisotopic (exact) mass is 369 g/mol. The third kappa shape index (κ3) is 4.53. The number of hydrogen-bond acceptors (Lipinski definition) is 5. The van der Waals surface area contributed by atoms with E-state index in [0.717, 1.165) is 5.56 Å². The van der Waals surface area contributed by atoms with Crippen molar-refractivity contribution < 1.29 is 23.9 Å². The lowest BCUT2D eigenvalue weighted by Gasteiger charge is -2.11. The Balaban J connectivity index is 2.10. The Morgan fingerprint density at radius 1 is 1.15 bits per heavy atom. The molecule has 0 saturated heterocycles. The number of aromatic nitrogens is 1. The SMILES string of the molecule is COc1ccccc1/C=C/C(=O)O[C@H](C)C(=O)c1[nH]c(C)c(C(C)=O)c1C. The van der Waals surface area contributed by atoms with Crippen molar-refractivity contribution >= 4 is 23.6 Å². The molecule has 1 N–H and O–H groups in total. The average molecular weight is 369 g/mol. The van der Waals surface area contributed by atoms with Crippen LogP contribution in [0.4, 0.5) is 0 Å². The van der Waals surface area contributed by atoms with E-state index in [2.05, 4.69) is 4.98 Å². The zero-order valence-corrected chi connectivity index (χ0v) is 16.1. The summed E-state index contributed by atoms with van der Waals surface area (Å²) in [5.41, 5.74) is 2.69. The minimum atomic E-state index is -0.989. The quantitative estimate of drug-likeness (QED) is 0.457. The fraction of sp³-hybridized carbons (Fsp3) is 0.286. The summed E-state index contributed by atoms with van der Waals surface area (Å²) in [5, 5.41) is 0. The van der Waals surface area contributed by atoms with Gasteiger partial charge in [0.25, 0.3) is 0 Å². The summed E-state index contributed by atoms with van der Waals surface area (Å²) in [5.74, 6) is -0.527. The molecule has 27 heavy (non-hydrogen) atoms. The molecule has 1 atom stereocenters. The average Bonchev–Trinajstić information content (AvgIpc) is 2.93. The van der Waals surface area contributed by atoms with Gasteiger partial charge in [0.1, 0.15) is 5.75 Å². The number of aryl methyl sites for hydroxylation is 1. The van der Waals surface area contributed by atoms with Crippen LogP contribution >= 0.6 is 0 Å². The number of nitrogens with one attached hydrogen (secondary N) is 1. The molecule has 1 heterocycles. The highest BCUT2D eigenvalue weighted by atomic mass is 16.5. The number of carbonyl (C=O) groups is 3. The second kappa shape index (κ2) is 8.49. The summed E-state index contributed by atoms with van der Waals surface area (Å²) in [7, 11) is 1.54. The number of Topliss-reactive ketones (excluding diaryl/α,β-unsaturated/α-hetero) is 2. The standard InChI is InChI=1S/C21H23NO5/c1-12-19(14(3)23)13(2)22-20(12)21(25)15(4)27-18(24)11-10-16-8-6-7-9-17(16)26-5/h6-11,15,22H,1-5H3/b11-10+/t15-/m1/s1. The third-order valence-electron chi connectivity index (χ3n) is 4.24. The van der Waals surface area contributed by atoms with E-state index in [9.17, 15) is 14.4 Å². The summed E-state index contributed by atoms with van der Waals surface area (Å²) in [6.45, 7) is 6.38. The number of carbonyl (C=O) groups excluding carboxylic acids is 3. The first-order valence-electron chi connectivity index (χ1n) is 8.52. The molecule has 6 heteroatoms. The highest BCUT2D eigenvalue weighted by Crippen LogP contribution is 2.21. The molecule has 0 spiro atoms. The molecule has 0 unspecified atom stereocenters. The molecule has 2 rings (SSSR count). The van der Waals surface area contributed by atoms with Gasteiger partial charge < -0.3 is 14.5 Å². The van der Waals surface area contributed by atoms with Crippen LogP contribution in [0.5, 0.6) is 5.75 Å². The molecule has 0 fully saturated rings. The van der Waals surface area contributed by atoms with Gasteiger partial charge >= 0.3 is 5.97 Å². The fourth-order valence-corrected chi connectivity index (χ4v) is 2.96. The van der Waals surface area contributed by atoms with E-state index in [4.69, 9.17) is 9.47 Å². The summed E-state index contributed by atoms with van der Waals surface area (Å²) in [6, 6.07) is 7.22. The minimum Gasteiger partial charge on any atom is -0.496 e. The number of hydrogen-bond donors (Lipinski definition) is 1. The van der Waals surface area contributed by atoms with Gasteiger partial charge in [0.15, 0.2) is 11.9 Å². The van der Waals surface area contributed by atoms with Crippen LogP contribution < -0.4 is 4.74 Å². The largest absolute Gasteiger partial charge is 0.496 e. The van der Waals surface area contributed by atoms with Crippen LogP contribution in [-0.4, -0.2) is 35.7 Å². The Labute approximate surface area is 158 Å². The maximum absolute atomic E-state index is 12.6. The van der Waals surface area contributed by atoms with Crippen molar-refractivity contribution in [2.24, 2.45) is 0 Å². The van der Waals surface area contributed by atoms with Gasteiger partial charge in [-0.3, -0.25) is 9.59 Å². The van der Waals surface area contributed by atoms with Crippen molar-refractivity contribution in [1.29, 1.82) is 0 Å². The molecule has 0 aliphatic rings. The number of rotatable bonds is 7. The van der Waals surface area contributed by atoms with Gasteiger partial charge in [-0.25, -0.2) is 4.79 Å². The first-order valence-corrected chi connectivity index (χ1v) is 8.52. The smallest absolute Gasteiger partial charge is 0.331 e. The minimum absolute atomic E-state index is 0.121. The molecule has 0 saturated carbocycles. The van der Waals surface area contributed by atoms with Crippen LogP contribution in [0.25, 0.3) is 6.08 Å². The summed E-state index contributed by atoms with van der Waals surface area (Å²) >= 11 is 0. The highest BCUT2D eigenvalue weighted by molar-refractivity contribution is 6.05. The van der Waals surface area contributed by atoms with E-state index in [1.54, 1.807) is 39.2 Å². The molecule has 142 valence electrons. The van der Waals surface area contributed by atoms with E-state index in [1.807, 2.05) is 12.1 Å². The topological polar surface area (TPSA) is 85.5 Å². The number of ketones is 2. The maximum Gasteiger partial charge on any atom is 0.331 e. The van der Waals surface area contributed by atoms with E-state index in [0.29, 0.717) is 22.6 Å². The van der Waals surface area contributed by atoms with Crippen LogP contribution in [0.3, 0.4) is 0 Å². The summed E-state index contributed by atoms with van der Waals surface area (Å²) in [6.07, 6.45) is 1.82. The van der Waals surface area contributed by atoms with E-state index in [1.165, 1.54) is 19.9 Å². The molecule has 0 aliphatic heterocycles. The molecule has 0 amide bonds. The molecule has 1 aromatic carbocycles. The van der Waals surface area contributed by atoms with Crippen molar-refractivity contribution in [3.8, 4) is 5.75 Å². The number of ether oxygens (including phenoxy) is 2. The third-order valence-corrected chi connectivity index (χ3v) is 4.24. The highest BCUT2D eigenvalue weighted by Gasteiger charge is 2.25. The van der Waals surface area contributed by atoms with Gasteiger partial charge in [-0.2, -0.15) is 0 Å². The fourth-order valence-electron chi connectivity index (χ4n) is 2.96. The predicted molar refractivity (Wildman–Crippen MR) is 102 cm³/mol. The second-order valence-corrected chi connectivity index (χ2v) is 6.20. The van der Waals surface area contributed by atoms with Gasteiger partial charge in [-0.1, -0.05) is 18.2 Å². The van der Waals surface area contributed by atoms with Crippen LogP contribution in [0.15, 0.2) is 30.3 Å². The molecule has 6 nitrogen and oxygen atoms in total. The lowest BCUT2D eigenvalue weighted by atomic mass is 10.0. The molecule has 0 bridgehead atoms. The zero-order chi connectivity index (χ0) is 20.1. The van der Waals surface area contributed by atoms with Crippen LogP contribution in [0, 0.1) is 13.8 Å². The molecule has 0 aliphatic carbocycles. The van der Waals surface area contributed by atoms with E-state index >= 15 is 0 Å². The van der Waals surface area contributed by atoms with E-state index in [-0.39, 0.29) is 17.3 Å². The molecular formula is C21H23NO5. The van der Waals surface area contributed by atoms with Crippen molar-refractivity contribution in [2.75, 3.05) is 7.11 Å². The van der Waals surface area contributed by atoms with Crippen LogP contribution in [0.2, 0.25) is 0 Å². The van der Waals surface area contributed by atoms with Crippen molar-refractivity contribution in [3.05, 3.63) is 58.4 Å². The Morgan fingerprint density at radius 2 is 1.81 bits per heavy atom. The number of benzene rings is 1. The predicted octanol–water partition coefficient (Wildman–Crippen LogP) is 3.67. The summed E-state index contributed by atoms with van der Waals surface area (Å²) in [4.78, 5) is 39.3. The van der Waals surface area contributed by atoms with Crippen molar-refractivity contribution in [3.63, 3.8) is 0 Å². The van der Waals surface area contributed by atoms with Crippen molar-refractivity contribution in [1.82, 2.24) is 4.98 Å². The number of esters is 1. The van der Waals surface area contributed by atoms with Gasteiger partial charge in [0.2, 0.25) is 5.78 Å². The normalized spacial score (nSPS) is 12.0. The number of para-hydroxylation sites is 1. The number of methoxy groups -OCH3 is 1. The van der Waals surface area contributed by atoms with E-state index < -0.39 is 12.1 Å². The lowest BCUT2D eigenvalue weighted by molar-refractivity contribution is -0.140. The van der Waals surface area contributed by atoms with Crippen molar-refractivity contribution in [2.45, 2.75) is 33.8 Å². The van der Waals surface area contributed by atoms with Gasteiger partial charge in [0, 0.05) is 22.9 Å². The molecule has 1 aromatic heterocycles. The second-order valence-electron chi connectivity index (χ2n) is 6.20. The Hall–Kier alpha value is -3.15. The van der Waals surface area contributed by atoms with Crippen LogP contribution in [-0.2, 0) is 9.53 Å². The lowest BCUT2D eigenvalue weighted by Crippen LogP contribution is -2.24. The van der Waals surface area contributed by atoms with Gasteiger partial charge in [-0.05, 0) is 45.4 Å². The van der Waals surface area contributed by atoms with Gasteiger partial charge in [0.05, 0.1) is 12.8 Å². The maximum atomic E-state index is 12.6. The molecular weight excluding hydrogens is 346 g/mol. The number of aromatic amines is 1. The summed E-state index contributed by atoms with van der Waals surface area (Å²) < 4.78 is 10.4. The van der Waals surface area contributed by atoms with Gasteiger partial charge in [-0.15, -0.1) is 0 Å². The Morgan fingerprint density at radius 3 is 2.41 bits per heavy atom. The molecule has 0 radical (unpaired) electrons.